The van der Waals surface area contributed by atoms with E-state index in [1.807, 2.05) is 30.3 Å². The third-order valence-corrected chi connectivity index (χ3v) is 2.83. The molecule has 0 radical (unpaired) electrons. The predicted molar refractivity (Wildman–Crippen MR) is 53.0 cm³/mol. The van der Waals surface area contributed by atoms with Crippen molar-refractivity contribution in [3.8, 4) is 0 Å². The number of benzene rings is 1. The van der Waals surface area contributed by atoms with Gasteiger partial charge in [0, 0.05) is 24.7 Å². The monoisotopic (exact) mass is 188 g/mol. The molecule has 2 atom stereocenters. The van der Waals surface area contributed by atoms with Gasteiger partial charge in [0.05, 0.1) is 0 Å². The normalized spacial score (nSPS) is 26.4. The van der Waals surface area contributed by atoms with Gasteiger partial charge in [-0.1, -0.05) is 30.3 Å². The molecule has 1 fully saturated rings. The molecule has 1 aliphatic carbocycles. The van der Waals surface area contributed by atoms with Crippen molar-refractivity contribution in [3.05, 3.63) is 35.9 Å². The smallest absolute Gasteiger partial charge is 0.134 e. The summed E-state index contributed by atoms with van der Waals surface area (Å²) in [4.78, 5) is 22.0. The molecule has 0 spiro atoms. The molecule has 1 aromatic carbocycles. The molecule has 0 aromatic heterocycles. The van der Waals surface area contributed by atoms with E-state index in [4.69, 9.17) is 0 Å². The Labute approximate surface area is 82.9 Å². The zero-order valence-electron chi connectivity index (χ0n) is 7.85. The van der Waals surface area contributed by atoms with Crippen LogP contribution in [0.25, 0.3) is 0 Å². The molecular weight excluding hydrogens is 176 g/mol. The van der Waals surface area contributed by atoms with Crippen LogP contribution in [0.2, 0.25) is 0 Å². The zero-order valence-corrected chi connectivity index (χ0v) is 7.85. The van der Waals surface area contributed by atoms with Crippen molar-refractivity contribution in [2.45, 2.75) is 18.8 Å². The summed E-state index contributed by atoms with van der Waals surface area (Å²) in [5.41, 5.74) is 1.11. The summed E-state index contributed by atoms with van der Waals surface area (Å²) in [6, 6.07) is 9.80. The molecule has 72 valence electrons. The van der Waals surface area contributed by atoms with Crippen LogP contribution < -0.4 is 0 Å². The maximum atomic E-state index is 11.2. The quantitative estimate of drug-likeness (QED) is 0.665. The molecule has 1 aliphatic rings. The highest BCUT2D eigenvalue weighted by molar-refractivity contribution is 5.86. The van der Waals surface area contributed by atoms with E-state index in [0.29, 0.717) is 12.8 Å². The first-order valence-corrected chi connectivity index (χ1v) is 4.83. The van der Waals surface area contributed by atoms with Crippen molar-refractivity contribution in [2.75, 3.05) is 0 Å². The summed E-state index contributed by atoms with van der Waals surface area (Å²) in [6.07, 6.45) is 1.86. The zero-order chi connectivity index (χ0) is 9.97. The maximum absolute atomic E-state index is 11.2. The van der Waals surface area contributed by atoms with E-state index in [2.05, 4.69) is 0 Å². The van der Waals surface area contributed by atoms with Crippen LogP contribution in [-0.2, 0) is 9.59 Å². The minimum Gasteiger partial charge on any atom is -0.303 e. The number of aldehydes is 1. The Kier molecular flexibility index (Phi) is 2.44. The fourth-order valence-corrected chi connectivity index (χ4v) is 2.09. The van der Waals surface area contributed by atoms with E-state index >= 15 is 0 Å². The van der Waals surface area contributed by atoms with Crippen LogP contribution in [0.5, 0.6) is 0 Å². The van der Waals surface area contributed by atoms with Gasteiger partial charge in [-0.05, 0) is 5.56 Å². The van der Waals surface area contributed by atoms with Gasteiger partial charge in [0.25, 0.3) is 0 Å². The Morgan fingerprint density at radius 2 is 1.86 bits per heavy atom. The number of Topliss-reactive ketones (excluding diaryl/α,β-unsaturated/α-hetero) is 1. The summed E-state index contributed by atoms with van der Waals surface area (Å²) >= 11 is 0. The standard InChI is InChI=1S/C12H12O2/c13-8-10-6-11(14)7-12(10)9-4-2-1-3-5-9/h1-5,8,10,12H,6-7H2/t10-,12-/m0/s1. The molecule has 14 heavy (non-hydrogen) atoms. The van der Waals surface area contributed by atoms with Crippen LogP contribution in [-0.4, -0.2) is 12.1 Å². The summed E-state index contributed by atoms with van der Waals surface area (Å²) in [6.45, 7) is 0. The molecule has 0 bridgehead atoms. The molecule has 0 aliphatic heterocycles. The van der Waals surface area contributed by atoms with Gasteiger partial charge >= 0.3 is 0 Å². The highest BCUT2D eigenvalue weighted by Crippen LogP contribution is 2.36. The fourth-order valence-electron chi connectivity index (χ4n) is 2.09. The number of ketones is 1. The van der Waals surface area contributed by atoms with Crippen LogP contribution in [0.4, 0.5) is 0 Å². The van der Waals surface area contributed by atoms with Crippen molar-refractivity contribution in [1.29, 1.82) is 0 Å². The first-order valence-electron chi connectivity index (χ1n) is 4.83. The first kappa shape index (κ1) is 9.13. The van der Waals surface area contributed by atoms with E-state index in [0.717, 1.165) is 11.8 Å². The molecule has 0 N–H and O–H groups in total. The third kappa shape index (κ3) is 1.60. The van der Waals surface area contributed by atoms with E-state index in [1.54, 1.807) is 0 Å². The summed E-state index contributed by atoms with van der Waals surface area (Å²) in [5, 5.41) is 0. The highest BCUT2D eigenvalue weighted by Gasteiger charge is 2.33. The second-order valence-electron chi connectivity index (χ2n) is 3.76. The second kappa shape index (κ2) is 3.74. The Morgan fingerprint density at radius 1 is 1.14 bits per heavy atom. The van der Waals surface area contributed by atoms with Crippen LogP contribution in [0.1, 0.15) is 24.3 Å². The van der Waals surface area contributed by atoms with E-state index in [1.165, 1.54) is 0 Å². The van der Waals surface area contributed by atoms with Crippen LogP contribution in [0.3, 0.4) is 0 Å². The predicted octanol–water partition coefficient (Wildman–Crippen LogP) is 1.95. The molecule has 0 heterocycles. The molecule has 1 aromatic rings. The SMILES string of the molecule is O=C[C@@H]1CC(=O)C[C@H]1c1ccccc1. The lowest BCUT2D eigenvalue weighted by molar-refractivity contribution is -0.119. The molecule has 2 rings (SSSR count). The van der Waals surface area contributed by atoms with Gasteiger partial charge in [-0.2, -0.15) is 0 Å². The second-order valence-corrected chi connectivity index (χ2v) is 3.76. The lowest BCUT2D eigenvalue weighted by atomic mass is 9.90. The molecule has 2 nitrogen and oxygen atoms in total. The van der Waals surface area contributed by atoms with Gasteiger partial charge < -0.3 is 4.79 Å². The van der Waals surface area contributed by atoms with E-state index in [-0.39, 0.29) is 17.6 Å². The Hall–Kier alpha value is -1.44. The minimum absolute atomic E-state index is 0.107. The summed E-state index contributed by atoms with van der Waals surface area (Å²) < 4.78 is 0. The number of hydrogen-bond donors (Lipinski definition) is 0. The molecule has 1 saturated carbocycles. The van der Waals surface area contributed by atoms with Gasteiger partial charge in [0.15, 0.2) is 0 Å². The van der Waals surface area contributed by atoms with Crippen molar-refractivity contribution >= 4 is 12.1 Å². The largest absolute Gasteiger partial charge is 0.303 e. The molecule has 0 amide bonds. The maximum Gasteiger partial charge on any atom is 0.134 e. The Bertz CT molecular complexity index is 343. The van der Waals surface area contributed by atoms with Crippen LogP contribution in [0.15, 0.2) is 30.3 Å². The number of carbonyl (C=O) groups excluding carboxylic acids is 2. The molecule has 0 unspecified atom stereocenters. The minimum atomic E-state index is -0.107. The lowest BCUT2D eigenvalue weighted by Crippen LogP contribution is -2.06. The number of hydrogen-bond acceptors (Lipinski definition) is 2. The summed E-state index contributed by atoms with van der Waals surface area (Å²) in [5.74, 6) is 0.210. The van der Waals surface area contributed by atoms with E-state index in [9.17, 15) is 9.59 Å². The van der Waals surface area contributed by atoms with Crippen molar-refractivity contribution in [1.82, 2.24) is 0 Å². The Morgan fingerprint density at radius 3 is 2.50 bits per heavy atom. The Balaban J connectivity index is 2.26. The van der Waals surface area contributed by atoms with Crippen molar-refractivity contribution < 1.29 is 9.59 Å². The lowest BCUT2D eigenvalue weighted by Gasteiger charge is -2.12. The van der Waals surface area contributed by atoms with Crippen molar-refractivity contribution in [2.24, 2.45) is 5.92 Å². The fraction of sp³-hybridized carbons (Fsp3) is 0.333. The highest BCUT2D eigenvalue weighted by atomic mass is 16.1. The number of carbonyl (C=O) groups is 2. The first-order chi connectivity index (χ1) is 6.81. The van der Waals surface area contributed by atoms with Gasteiger partial charge in [0.1, 0.15) is 12.1 Å². The van der Waals surface area contributed by atoms with Gasteiger partial charge in [0.2, 0.25) is 0 Å². The average Bonchev–Trinajstić information content (AvgIpc) is 2.61. The van der Waals surface area contributed by atoms with Crippen LogP contribution >= 0.6 is 0 Å². The molecular formula is C12H12O2. The summed E-state index contributed by atoms with van der Waals surface area (Å²) in [7, 11) is 0. The van der Waals surface area contributed by atoms with Crippen molar-refractivity contribution in [3.63, 3.8) is 0 Å². The van der Waals surface area contributed by atoms with E-state index < -0.39 is 0 Å². The van der Waals surface area contributed by atoms with Gasteiger partial charge in [-0.3, -0.25) is 4.79 Å². The van der Waals surface area contributed by atoms with Gasteiger partial charge in [-0.25, -0.2) is 0 Å². The number of rotatable bonds is 2. The molecule has 2 heteroatoms. The average molecular weight is 188 g/mol. The van der Waals surface area contributed by atoms with Gasteiger partial charge in [-0.15, -0.1) is 0 Å². The van der Waals surface area contributed by atoms with Crippen LogP contribution in [0, 0.1) is 5.92 Å². The topological polar surface area (TPSA) is 34.1 Å². The third-order valence-electron chi connectivity index (χ3n) is 2.83. The molecule has 0 saturated heterocycles.